The molecule has 0 radical (unpaired) electrons. The highest BCUT2D eigenvalue weighted by Crippen LogP contribution is 2.30. The maximum atomic E-state index is 10.9. The Morgan fingerprint density at radius 3 is 2.33 bits per heavy atom. The first kappa shape index (κ1) is 21.7. The molecule has 0 aliphatic rings. The van der Waals surface area contributed by atoms with Gasteiger partial charge >= 0.3 is 5.97 Å². The molecule has 0 saturated carbocycles. The van der Waals surface area contributed by atoms with Gasteiger partial charge in [-0.3, -0.25) is 0 Å². The lowest BCUT2D eigenvalue weighted by atomic mass is 10.1. The second kappa shape index (κ2) is 10.7. The minimum Gasteiger partial charge on any atom is -0.490 e. The number of ether oxygens (including phenoxy) is 2. The first-order valence-corrected chi connectivity index (χ1v) is 10.1. The van der Waals surface area contributed by atoms with Crippen molar-refractivity contribution in [2.45, 2.75) is 26.6 Å². The maximum Gasteiger partial charge on any atom is 0.335 e. The lowest BCUT2D eigenvalue weighted by molar-refractivity contribution is 0.0697. The van der Waals surface area contributed by atoms with Crippen molar-refractivity contribution in [3.8, 4) is 11.5 Å². The normalized spacial score (nSPS) is 10.6. The predicted octanol–water partition coefficient (Wildman–Crippen LogP) is 5.31. The standard InChI is InChI=1S/C24H24ClNO4/c1-2-29-23-13-18(15-26-14-17-7-10-19(11-8-17)24(27)28)9-12-22(23)30-16-20-5-3-4-6-21(20)25/h3-13,26H,2,14-16H2,1H3,(H,27,28). The first-order valence-electron chi connectivity index (χ1n) is 9.71. The van der Waals surface area contributed by atoms with Gasteiger partial charge in [-0.05, 0) is 48.4 Å². The summed E-state index contributed by atoms with van der Waals surface area (Å²) in [6, 6.07) is 20.3. The molecule has 0 saturated heterocycles. The molecule has 30 heavy (non-hydrogen) atoms. The minimum atomic E-state index is -0.921. The minimum absolute atomic E-state index is 0.285. The number of halogens is 1. The average Bonchev–Trinajstić information content (AvgIpc) is 2.75. The van der Waals surface area contributed by atoms with E-state index in [1.165, 1.54) is 0 Å². The molecule has 0 spiro atoms. The van der Waals surface area contributed by atoms with E-state index in [9.17, 15) is 4.79 Å². The number of nitrogens with one attached hydrogen (secondary N) is 1. The van der Waals surface area contributed by atoms with Gasteiger partial charge in [0, 0.05) is 23.7 Å². The molecule has 0 fully saturated rings. The van der Waals surface area contributed by atoms with Crippen molar-refractivity contribution in [3.63, 3.8) is 0 Å². The molecular weight excluding hydrogens is 402 g/mol. The van der Waals surface area contributed by atoms with E-state index >= 15 is 0 Å². The monoisotopic (exact) mass is 425 g/mol. The number of carbonyl (C=O) groups is 1. The zero-order valence-corrected chi connectivity index (χ0v) is 17.5. The summed E-state index contributed by atoms with van der Waals surface area (Å²) in [6.45, 7) is 4.11. The fourth-order valence-corrected chi connectivity index (χ4v) is 3.13. The second-order valence-electron chi connectivity index (χ2n) is 6.70. The van der Waals surface area contributed by atoms with Gasteiger partial charge < -0.3 is 19.9 Å². The van der Waals surface area contributed by atoms with Gasteiger partial charge in [0.25, 0.3) is 0 Å². The fourth-order valence-electron chi connectivity index (χ4n) is 2.94. The van der Waals surface area contributed by atoms with Crippen LogP contribution in [0.25, 0.3) is 0 Å². The molecular formula is C24H24ClNO4. The van der Waals surface area contributed by atoms with Gasteiger partial charge in [0.05, 0.1) is 12.2 Å². The van der Waals surface area contributed by atoms with Crippen LogP contribution in [0.2, 0.25) is 5.02 Å². The molecule has 3 rings (SSSR count). The summed E-state index contributed by atoms with van der Waals surface area (Å²) < 4.78 is 11.7. The van der Waals surface area contributed by atoms with E-state index in [2.05, 4.69) is 5.32 Å². The van der Waals surface area contributed by atoms with E-state index in [4.69, 9.17) is 26.2 Å². The highest BCUT2D eigenvalue weighted by Gasteiger charge is 2.09. The Kier molecular flexibility index (Phi) is 7.71. The van der Waals surface area contributed by atoms with Crippen LogP contribution in [0.15, 0.2) is 66.7 Å². The molecule has 0 aromatic heterocycles. The highest BCUT2D eigenvalue weighted by atomic mass is 35.5. The summed E-state index contributed by atoms with van der Waals surface area (Å²) in [4.78, 5) is 10.9. The summed E-state index contributed by atoms with van der Waals surface area (Å²) in [6.07, 6.45) is 0. The van der Waals surface area contributed by atoms with Gasteiger partial charge in [0.2, 0.25) is 0 Å². The number of hydrogen-bond donors (Lipinski definition) is 2. The number of carboxylic acids is 1. The number of carboxylic acid groups (broad SMARTS) is 1. The van der Waals surface area contributed by atoms with Crippen LogP contribution in [0.5, 0.6) is 11.5 Å². The zero-order valence-electron chi connectivity index (χ0n) is 16.7. The van der Waals surface area contributed by atoms with Crippen molar-refractivity contribution in [2.75, 3.05) is 6.61 Å². The number of rotatable bonds is 10. The summed E-state index contributed by atoms with van der Waals surface area (Å²) in [5.41, 5.74) is 3.28. The van der Waals surface area contributed by atoms with Crippen LogP contribution in [-0.4, -0.2) is 17.7 Å². The van der Waals surface area contributed by atoms with E-state index in [0.29, 0.717) is 42.8 Å². The smallest absolute Gasteiger partial charge is 0.335 e. The SMILES string of the molecule is CCOc1cc(CNCc2ccc(C(=O)O)cc2)ccc1OCc1ccccc1Cl. The Balaban J connectivity index is 1.59. The summed E-state index contributed by atoms with van der Waals surface area (Å²) in [7, 11) is 0. The summed E-state index contributed by atoms with van der Waals surface area (Å²) in [5.74, 6) is 0.439. The zero-order chi connectivity index (χ0) is 21.3. The lowest BCUT2D eigenvalue weighted by Crippen LogP contribution is -2.13. The molecule has 3 aromatic rings. The van der Waals surface area contributed by atoms with Gasteiger partial charge in [-0.25, -0.2) is 4.79 Å². The van der Waals surface area contributed by atoms with E-state index < -0.39 is 5.97 Å². The molecule has 0 aliphatic carbocycles. The van der Waals surface area contributed by atoms with Gasteiger partial charge in [-0.2, -0.15) is 0 Å². The third-order valence-corrected chi connectivity index (χ3v) is 4.88. The quantitative estimate of drug-likeness (QED) is 0.461. The first-order chi connectivity index (χ1) is 14.6. The molecule has 0 unspecified atom stereocenters. The molecule has 0 heterocycles. The molecule has 156 valence electrons. The summed E-state index contributed by atoms with van der Waals surface area (Å²) >= 11 is 6.20. The van der Waals surface area contributed by atoms with Crippen LogP contribution in [0.4, 0.5) is 0 Å². The average molecular weight is 426 g/mol. The Morgan fingerprint density at radius 2 is 1.63 bits per heavy atom. The van der Waals surface area contributed by atoms with Gasteiger partial charge in [-0.1, -0.05) is 48.0 Å². The largest absolute Gasteiger partial charge is 0.490 e. The Labute approximate surface area is 181 Å². The Hall–Kier alpha value is -3.02. The van der Waals surface area contributed by atoms with Gasteiger partial charge in [0.15, 0.2) is 11.5 Å². The molecule has 0 amide bonds. The second-order valence-corrected chi connectivity index (χ2v) is 7.11. The van der Waals surface area contributed by atoms with E-state index in [1.807, 2.05) is 61.5 Å². The predicted molar refractivity (Wildman–Crippen MR) is 117 cm³/mol. The van der Waals surface area contributed by atoms with Gasteiger partial charge in [0.1, 0.15) is 6.61 Å². The molecule has 2 N–H and O–H groups in total. The third-order valence-electron chi connectivity index (χ3n) is 4.51. The van der Waals surface area contributed by atoms with E-state index in [-0.39, 0.29) is 5.56 Å². The highest BCUT2D eigenvalue weighted by molar-refractivity contribution is 6.31. The van der Waals surface area contributed by atoms with Crippen molar-refractivity contribution in [1.29, 1.82) is 0 Å². The number of hydrogen-bond acceptors (Lipinski definition) is 4. The topological polar surface area (TPSA) is 67.8 Å². The van der Waals surface area contributed by atoms with Crippen LogP contribution in [-0.2, 0) is 19.7 Å². The summed E-state index contributed by atoms with van der Waals surface area (Å²) in [5, 5.41) is 13.0. The van der Waals surface area contributed by atoms with E-state index in [0.717, 1.165) is 16.7 Å². The van der Waals surface area contributed by atoms with Crippen molar-refractivity contribution in [1.82, 2.24) is 5.32 Å². The lowest BCUT2D eigenvalue weighted by Gasteiger charge is -2.14. The van der Waals surface area contributed by atoms with Crippen LogP contribution in [0.1, 0.15) is 34.0 Å². The van der Waals surface area contributed by atoms with Crippen LogP contribution in [0, 0.1) is 0 Å². The number of benzene rings is 3. The van der Waals surface area contributed by atoms with Crippen molar-refractivity contribution < 1.29 is 19.4 Å². The molecule has 0 atom stereocenters. The van der Waals surface area contributed by atoms with Crippen molar-refractivity contribution in [2.24, 2.45) is 0 Å². The third kappa shape index (κ3) is 5.99. The van der Waals surface area contributed by atoms with Gasteiger partial charge in [-0.15, -0.1) is 0 Å². The molecule has 3 aromatic carbocycles. The van der Waals surface area contributed by atoms with Crippen LogP contribution < -0.4 is 14.8 Å². The Bertz CT molecular complexity index is 989. The molecule has 0 bridgehead atoms. The molecule has 6 heteroatoms. The fraction of sp³-hybridized carbons (Fsp3) is 0.208. The number of aromatic carboxylic acids is 1. The van der Waals surface area contributed by atoms with Crippen LogP contribution in [0.3, 0.4) is 0 Å². The van der Waals surface area contributed by atoms with E-state index in [1.54, 1.807) is 12.1 Å². The Morgan fingerprint density at radius 1 is 0.933 bits per heavy atom. The maximum absolute atomic E-state index is 10.9. The molecule has 5 nitrogen and oxygen atoms in total. The van der Waals surface area contributed by atoms with Crippen LogP contribution >= 0.6 is 11.6 Å². The molecule has 0 aliphatic heterocycles. The van der Waals surface area contributed by atoms with Crippen molar-refractivity contribution >= 4 is 17.6 Å². The van der Waals surface area contributed by atoms with Crippen molar-refractivity contribution in [3.05, 3.63) is 94.0 Å².